The molecule has 7 heteroatoms. The monoisotopic (exact) mass is 390 g/mol. The van der Waals surface area contributed by atoms with E-state index in [0.717, 1.165) is 41.0 Å². The van der Waals surface area contributed by atoms with E-state index in [4.69, 9.17) is 4.74 Å². The van der Waals surface area contributed by atoms with Crippen LogP contribution in [0.15, 0.2) is 29.2 Å². The van der Waals surface area contributed by atoms with Crippen LogP contribution in [0.5, 0.6) is 0 Å². The van der Waals surface area contributed by atoms with E-state index in [1.165, 1.54) is 0 Å². The second-order valence-electron chi connectivity index (χ2n) is 6.24. The largest absolute Gasteiger partial charge is 0.461 e. The maximum Gasteiger partial charge on any atom is 0.326 e. The second-order valence-corrected chi connectivity index (χ2v) is 7.23. The number of hydrogen-bond donors (Lipinski definition) is 0. The van der Waals surface area contributed by atoms with E-state index in [9.17, 15) is 14.4 Å². The normalized spacial score (nSPS) is 16.7. The molecule has 1 aromatic carbocycles. The number of esters is 1. The molecule has 0 saturated carbocycles. The number of carbonyl (C=O) groups is 3. The first-order valence-corrected chi connectivity index (χ1v) is 10.0. The van der Waals surface area contributed by atoms with Crippen LogP contribution in [0, 0.1) is 0 Å². The molecule has 1 atom stereocenters. The van der Waals surface area contributed by atoms with Crippen molar-refractivity contribution in [1.29, 1.82) is 0 Å². The molecule has 1 aliphatic rings. The van der Waals surface area contributed by atoms with Crippen LogP contribution in [0.25, 0.3) is 6.08 Å². The Morgan fingerprint density at radius 3 is 2.37 bits per heavy atom. The standard InChI is InChI=1S/C20H26N2O4S/c1-5-14(4)26-18(23)13-22-19(24)17(27-20(22)25)12-15-8-10-16(11-9-15)21(6-2)7-3/h8-12,14H,5-7,13H2,1-4H3/b17-12+/t14-/m0/s1. The molecule has 1 aromatic rings. The first-order valence-electron chi connectivity index (χ1n) is 9.19. The molecule has 0 aromatic heterocycles. The Kier molecular flexibility index (Phi) is 7.47. The molecule has 0 aliphatic carbocycles. The van der Waals surface area contributed by atoms with Crippen LogP contribution < -0.4 is 4.90 Å². The summed E-state index contributed by atoms with van der Waals surface area (Å²) in [5.41, 5.74) is 1.94. The number of nitrogens with zero attached hydrogens (tertiary/aromatic N) is 2. The Bertz CT molecular complexity index is 726. The maximum absolute atomic E-state index is 12.5. The number of ether oxygens (including phenoxy) is 1. The Morgan fingerprint density at radius 1 is 1.19 bits per heavy atom. The molecule has 1 aliphatic heterocycles. The quantitative estimate of drug-likeness (QED) is 0.495. The van der Waals surface area contributed by atoms with Gasteiger partial charge in [-0.1, -0.05) is 19.1 Å². The van der Waals surface area contributed by atoms with Crippen molar-refractivity contribution in [2.45, 2.75) is 40.2 Å². The molecule has 0 unspecified atom stereocenters. The Labute approximate surface area is 164 Å². The van der Waals surface area contributed by atoms with Crippen molar-refractivity contribution in [3.05, 3.63) is 34.7 Å². The van der Waals surface area contributed by atoms with Crippen LogP contribution in [0.1, 0.15) is 39.7 Å². The highest BCUT2D eigenvalue weighted by Gasteiger charge is 2.36. The van der Waals surface area contributed by atoms with Crippen LogP contribution in [0.4, 0.5) is 10.5 Å². The van der Waals surface area contributed by atoms with Gasteiger partial charge in [0.1, 0.15) is 6.54 Å². The van der Waals surface area contributed by atoms with Gasteiger partial charge in [-0.05, 0) is 62.7 Å². The zero-order chi connectivity index (χ0) is 20.0. The molecule has 0 N–H and O–H groups in total. The van der Waals surface area contributed by atoms with Crippen LogP contribution in [0.2, 0.25) is 0 Å². The Morgan fingerprint density at radius 2 is 1.81 bits per heavy atom. The highest BCUT2D eigenvalue weighted by molar-refractivity contribution is 8.18. The smallest absolute Gasteiger partial charge is 0.326 e. The van der Waals surface area contributed by atoms with Crippen molar-refractivity contribution in [2.75, 3.05) is 24.5 Å². The van der Waals surface area contributed by atoms with Crippen molar-refractivity contribution in [1.82, 2.24) is 4.90 Å². The van der Waals surface area contributed by atoms with E-state index in [1.807, 2.05) is 31.2 Å². The molecule has 1 heterocycles. The fourth-order valence-electron chi connectivity index (χ4n) is 2.63. The van der Waals surface area contributed by atoms with Crippen molar-refractivity contribution in [3.8, 4) is 0 Å². The molecule has 1 saturated heterocycles. The van der Waals surface area contributed by atoms with Gasteiger partial charge in [-0.2, -0.15) is 0 Å². The number of hydrogen-bond acceptors (Lipinski definition) is 6. The number of thioether (sulfide) groups is 1. The lowest BCUT2D eigenvalue weighted by Crippen LogP contribution is -2.35. The molecule has 0 bridgehead atoms. The fourth-order valence-corrected chi connectivity index (χ4v) is 3.47. The Balaban J connectivity index is 2.08. The highest BCUT2D eigenvalue weighted by atomic mass is 32.2. The van der Waals surface area contributed by atoms with Crippen molar-refractivity contribution in [2.24, 2.45) is 0 Å². The molecule has 2 rings (SSSR count). The van der Waals surface area contributed by atoms with E-state index < -0.39 is 17.1 Å². The van der Waals surface area contributed by atoms with Gasteiger partial charge in [0, 0.05) is 18.8 Å². The Hall–Kier alpha value is -2.28. The van der Waals surface area contributed by atoms with Crippen molar-refractivity contribution < 1.29 is 19.1 Å². The topological polar surface area (TPSA) is 66.9 Å². The van der Waals surface area contributed by atoms with Gasteiger partial charge in [-0.25, -0.2) is 0 Å². The molecule has 6 nitrogen and oxygen atoms in total. The average Bonchev–Trinajstić information content (AvgIpc) is 2.91. The molecule has 0 spiro atoms. The molecule has 27 heavy (non-hydrogen) atoms. The third-order valence-electron chi connectivity index (χ3n) is 4.39. The van der Waals surface area contributed by atoms with Gasteiger partial charge in [-0.15, -0.1) is 0 Å². The van der Waals surface area contributed by atoms with Crippen LogP contribution in [0.3, 0.4) is 0 Å². The highest BCUT2D eigenvalue weighted by Crippen LogP contribution is 2.32. The third-order valence-corrected chi connectivity index (χ3v) is 5.30. The van der Waals surface area contributed by atoms with Gasteiger partial charge in [-0.3, -0.25) is 19.3 Å². The van der Waals surface area contributed by atoms with E-state index in [2.05, 4.69) is 18.7 Å². The lowest BCUT2D eigenvalue weighted by molar-refractivity contribution is -0.150. The number of anilines is 1. The SMILES string of the molecule is CC[C@H](C)OC(=O)CN1C(=O)S/C(=C/c2ccc(N(CC)CC)cc2)C1=O. The molecule has 2 amide bonds. The summed E-state index contributed by atoms with van der Waals surface area (Å²) in [7, 11) is 0. The summed E-state index contributed by atoms with van der Waals surface area (Å²) < 4.78 is 5.15. The fraction of sp³-hybridized carbons (Fsp3) is 0.450. The summed E-state index contributed by atoms with van der Waals surface area (Å²) in [6, 6.07) is 7.82. The lowest BCUT2D eigenvalue weighted by Gasteiger charge is -2.20. The summed E-state index contributed by atoms with van der Waals surface area (Å²) in [6.07, 6.45) is 2.12. The minimum atomic E-state index is -0.573. The minimum Gasteiger partial charge on any atom is -0.461 e. The number of amides is 2. The van der Waals surface area contributed by atoms with Crippen molar-refractivity contribution >= 4 is 40.6 Å². The predicted octanol–water partition coefficient (Wildman–Crippen LogP) is 3.91. The van der Waals surface area contributed by atoms with Gasteiger partial charge in [0.15, 0.2) is 0 Å². The zero-order valence-corrected chi connectivity index (χ0v) is 17.0. The number of imide groups is 1. The number of carbonyl (C=O) groups excluding carboxylic acids is 3. The summed E-state index contributed by atoms with van der Waals surface area (Å²) in [6.45, 7) is 9.34. The van der Waals surface area contributed by atoms with E-state index >= 15 is 0 Å². The second kappa shape index (κ2) is 9.60. The summed E-state index contributed by atoms with van der Waals surface area (Å²) >= 11 is 0.843. The molecule has 146 valence electrons. The number of benzene rings is 1. The predicted molar refractivity (Wildman–Crippen MR) is 109 cm³/mol. The van der Waals surface area contributed by atoms with E-state index in [-0.39, 0.29) is 12.6 Å². The maximum atomic E-state index is 12.5. The van der Waals surface area contributed by atoms with Crippen molar-refractivity contribution in [3.63, 3.8) is 0 Å². The number of rotatable bonds is 8. The summed E-state index contributed by atoms with van der Waals surface area (Å²) in [5.74, 6) is -1.03. The van der Waals surface area contributed by atoms with E-state index in [0.29, 0.717) is 11.3 Å². The van der Waals surface area contributed by atoms with Gasteiger partial charge in [0.25, 0.3) is 11.1 Å². The van der Waals surface area contributed by atoms with Crippen LogP contribution >= 0.6 is 11.8 Å². The lowest BCUT2D eigenvalue weighted by atomic mass is 10.1. The first-order chi connectivity index (χ1) is 12.9. The third kappa shape index (κ3) is 5.35. The zero-order valence-electron chi connectivity index (χ0n) is 16.2. The molecular weight excluding hydrogens is 364 g/mol. The molecule has 1 fully saturated rings. The summed E-state index contributed by atoms with van der Waals surface area (Å²) in [5, 5.41) is -0.452. The summed E-state index contributed by atoms with van der Waals surface area (Å²) in [4.78, 5) is 39.9. The van der Waals surface area contributed by atoms with Crippen LogP contribution in [-0.4, -0.2) is 47.8 Å². The first kappa shape index (κ1) is 21.0. The molecule has 0 radical (unpaired) electrons. The minimum absolute atomic E-state index is 0.239. The van der Waals surface area contributed by atoms with Gasteiger partial charge in [0.05, 0.1) is 11.0 Å². The average molecular weight is 391 g/mol. The van der Waals surface area contributed by atoms with Crippen LogP contribution in [-0.2, 0) is 14.3 Å². The van der Waals surface area contributed by atoms with Gasteiger partial charge < -0.3 is 9.64 Å². The van der Waals surface area contributed by atoms with Gasteiger partial charge in [0.2, 0.25) is 0 Å². The van der Waals surface area contributed by atoms with Gasteiger partial charge >= 0.3 is 5.97 Å². The molecular formula is C20H26N2O4S. The van der Waals surface area contributed by atoms with E-state index in [1.54, 1.807) is 13.0 Å².